The van der Waals surface area contributed by atoms with Crippen LogP contribution in [0.1, 0.15) is 11.3 Å². The fraction of sp³-hybridized carbons (Fsp3) is 0.0909. The van der Waals surface area contributed by atoms with Gasteiger partial charge in [-0.15, -0.1) is 0 Å². The molecular weight excluding hydrogens is 337 g/mol. The Kier molecular flexibility index (Phi) is 5.18. The molecule has 1 heterocycles. The summed E-state index contributed by atoms with van der Waals surface area (Å²) < 4.78 is 2.05. The van der Waals surface area contributed by atoms with E-state index in [1.165, 1.54) is 16.2 Å². The van der Waals surface area contributed by atoms with E-state index in [9.17, 15) is 0 Å². The van der Waals surface area contributed by atoms with Gasteiger partial charge in [0.1, 0.15) is 6.54 Å². The molecule has 26 heavy (non-hydrogen) atoms. The van der Waals surface area contributed by atoms with Crippen molar-refractivity contribution in [2.75, 3.05) is 0 Å². The standard InChI is InChI=1S/C22H20N3P/c1-4-10-19(11-5-1)16-25-17-20(23-24-25)18-26(21-12-6-2-7-13-21)22-14-8-3-9-15-22/h1-15,17H,16,18H2/p+1. The molecule has 0 unspecified atom stereocenters. The molecule has 0 aliphatic heterocycles. The number of rotatable bonds is 6. The first-order valence-electron chi connectivity index (χ1n) is 8.74. The van der Waals surface area contributed by atoms with Gasteiger partial charge in [-0.1, -0.05) is 96.2 Å². The second-order valence-corrected chi connectivity index (χ2v) is 8.41. The summed E-state index contributed by atoms with van der Waals surface area (Å²) in [7, 11) is -0.469. The van der Waals surface area contributed by atoms with E-state index in [2.05, 4.69) is 101 Å². The summed E-state index contributed by atoms with van der Waals surface area (Å²) in [6, 6.07) is 32.0. The number of benzene rings is 3. The predicted molar refractivity (Wildman–Crippen MR) is 107 cm³/mol. The van der Waals surface area contributed by atoms with Gasteiger partial charge in [-0.05, 0) is 24.1 Å². The maximum atomic E-state index is 4.56. The molecule has 1 aromatic heterocycles. The molecule has 0 saturated carbocycles. The van der Waals surface area contributed by atoms with Crippen LogP contribution in [-0.2, 0) is 12.7 Å². The van der Waals surface area contributed by atoms with E-state index in [4.69, 9.17) is 0 Å². The van der Waals surface area contributed by atoms with Crippen molar-refractivity contribution in [3.05, 3.63) is 108 Å². The lowest BCUT2D eigenvalue weighted by Crippen LogP contribution is -2.35. The molecule has 0 bridgehead atoms. The van der Waals surface area contributed by atoms with Crippen molar-refractivity contribution < 1.29 is 4.68 Å². The third-order valence-electron chi connectivity index (χ3n) is 4.28. The summed E-state index contributed by atoms with van der Waals surface area (Å²) in [4.78, 5) is 0. The zero-order valence-corrected chi connectivity index (χ0v) is 15.4. The van der Waals surface area contributed by atoms with Gasteiger partial charge in [0.05, 0.1) is 0 Å². The van der Waals surface area contributed by atoms with E-state index in [-0.39, 0.29) is 0 Å². The number of hydrogen-bond acceptors (Lipinski definition) is 1. The molecule has 4 rings (SSSR count). The minimum atomic E-state index is -0.469. The van der Waals surface area contributed by atoms with E-state index in [1.807, 2.05) is 10.7 Å². The number of nitrogens with zero attached hydrogens (tertiary/aromatic N) is 2. The van der Waals surface area contributed by atoms with Crippen LogP contribution in [0.4, 0.5) is 0 Å². The molecule has 3 nitrogen and oxygen atoms in total. The number of aromatic nitrogens is 3. The first-order valence-corrected chi connectivity index (χ1v) is 10.3. The Morgan fingerprint density at radius 2 is 1.27 bits per heavy atom. The second kappa shape index (κ2) is 8.07. The van der Waals surface area contributed by atoms with E-state index >= 15 is 0 Å². The molecule has 0 amide bonds. The van der Waals surface area contributed by atoms with Crippen molar-refractivity contribution >= 4 is 18.5 Å². The van der Waals surface area contributed by atoms with Crippen LogP contribution in [0.15, 0.2) is 97.2 Å². The largest absolute Gasteiger partial charge is 0.223 e. The lowest BCUT2D eigenvalue weighted by molar-refractivity contribution is -0.745. The lowest BCUT2D eigenvalue weighted by Gasteiger charge is -2.16. The first-order chi connectivity index (χ1) is 12.9. The van der Waals surface area contributed by atoms with Gasteiger partial charge in [-0.3, -0.25) is 0 Å². The van der Waals surface area contributed by atoms with Crippen molar-refractivity contribution in [3.63, 3.8) is 0 Å². The second-order valence-electron chi connectivity index (χ2n) is 6.20. The third kappa shape index (κ3) is 4.07. The van der Waals surface area contributed by atoms with Crippen molar-refractivity contribution in [2.24, 2.45) is 0 Å². The maximum absolute atomic E-state index is 4.56. The van der Waals surface area contributed by atoms with Crippen molar-refractivity contribution in [2.45, 2.75) is 12.7 Å². The predicted octanol–water partition coefficient (Wildman–Crippen LogP) is 3.38. The van der Waals surface area contributed by atoms with E-state index in [0.717, 1.165) is 18.4 Å². The van der Waals surface area contributed by atoms with E-state index in [1.54, 1.807) is 0 Å². The number of hydrogen-bond donors (Lipinski definition) is 1. The highest BCUT2D eigenvalue weighted by Gasteiger charge is 2.19. The van der Waals surface area contributed by atoms with Gasteiger partial charge in [0.15, 0.2) is 6.20 Å². The van der Waals surface area contributed by atoms with Gasteiger partial charge in [0.25, 0.3) is 0 Å². The van der Waals surface area contributed by atoms with Crippen LogP contribution in [0.3, 0.4) is 0 Å². The van der Waals surface area contributed by atoms with Crippen molar-refractivity contribution in [1.29, 1.82) is 0 Å². The van der Waals surface area contributed by atoms with Gasteiger partial charge in [0.2, 0.25) is 5.69 Å². The topological polar surface area (TPSA) is 32.6 Å². The van der Waals surface area contributed by atoms with Gasteiger partial charge < -0.3 is 0 Å². The van der Waals surface area contributed by atoms with E-state index < -0.39 is 7.92 Å². The molecule has 3 aromatic carbocycles. The fourth-order valence-electron chi connectivity index (χ4n) is 3.01. The smallest absolute Gasteiger partial charge is 0.158 e. The zero-order chi connectivity index (χ0) is 17.6. The Bertz CT molecular complexity index is 897. The number of nitrogens with one attached hydrogen (secondary N) is 1. The number of aromatic amines is 1. The Hall–Kier alpha value is -2.77. The van der Waals surface area contributed by atoms with Crippen LogP contribution in [0.5, 0.6) is 0 Å². The molecule has 0 aliphatic rings. The molecule has 0 fully saturated rings. The summed E-state index contributed by atoms with van der Waals surface area (Å²) in [6.07, 6.45) is 3.07. The van der Waals surface area contributed by atoms with Gasteiger partial charge in [-0.2, -0.15) is 4.68 Å². The molecule has 1 N–H and O–H groups in total. The summed E-state index contributed by atoms with van der Waals surface area (Å²) in [5.41, 5.74) is 2.36. The molecule has 0 radical (unpaired) electrons. The average molecular weight is 358 g/mol. The van der Waals surface area contributed by atoms with E-state index in [0.29, 0.717) is 0 Å². The molecule has 0 atom stereocenters. The molecule has 4 heteroatoms. The SMILES string of the molecule is c1ccc(C[n+]2cc(CP(c3ccccc3)c3ccccc3)n[nH]2)cc1. The highest BCUT2D eigenvalue weighted by atomic mass is 31.1. The summed E-state index contributed by atoms with van der Waals surface area (Å²) in [5.74, 6) is 0. The van der Waals surface area contributed by atoms with Crippen molar-refractivity contribution in [3.8, 4) is 0 Å². The Morgan fingerprint density at radius 1 is 0.731 bits per heavy atom. The minimum absolute atomic E-state index is 0.469. The van der Waals surface area contributed by atoms with Crippen molar-refractivity contribution in [1.82, 2.24) is 10.3 Å². The summed E-state index contributed by atoms with van der Waals surface area (Å²) in [6.45, 7) is 0.808. The minimum Gasteiger partial charge on any atom is -0.158 e. The quantitative estimate of drug-likeness (QED) is 0.416. The molecule has 128 valence electrons. The van der Waals surface area contributed by atoms with Gasteiger partial charge in [-0.25, -0.2) is 0 Å². The fourth-order valence-corrected chi connectivity index (χ4v) is 5.22. The summed E-state index contributed by atoms with van der Waals surface area (Å²) >= 11 is 0. The Balaban J connectivity index is 1.57. The zero-order valence-electron chi connectivity index (χ0n) is 14.5. The maximum Gasteiger partial charge on any atom is 0.223 e. The average Bonchev–Trinajstić information content (AvgIpc) is 3.15. The van der Waals surface area contributed by atoms with Crippen LogP contribution in [0.2, 0.25) is 0 Å². The van der Waals surface area contributed by atoms with Crippen LogP contribution >= 0.6 is 7.92 Å². The van der Waals surface area contributed by atoms with Crippen LogP contribution < -0.4 is 15.3 Å². The molecule has 4 aromatic rings. The van der Waals surface area contributed by atoms with Gasteiger partial charge in [0, 0.05) is 11.3 Å². The first kappa shape index (κ1) is 16.7. The number of H-pyrrole nitrogens is 1. The highest BCUT2D eigenvalue weighted by Crippen LogP contribution is 2.36. The Morgan fingerprint density at radius 3 is 1.85 bits per heavy atom. The lowest BCUT2D eigenvalue weighted by atomic mass is 10.2. The molecule has 0 aliphatic carbocycles. The normalized spacial score (nSPS) is 11.0. The molecule has 0 spiro atoms. The summed E-state index contributed by atoms with van der Waals surface area (Å²) in [5, 5.41) is 10.5. The Labute approximate surface area is 155 Å². The van der Waals surface area contributed by atoms with Crippen LogP contribution in [-0.4, -0.2) is 10.3 Å². The van der Waals surface area contributed by atoms with Crippen LogP contribution in [0.25, 0.3) is 0 Å². The van der Waals surface area contributed by atoms with Gasteiger partial charge >= 0.3 is 0 Å². The monoisotopic (exact) mass is 358 g/mol. The molecule has 0 saturated heterocycles. The van der Waals surface area contributed by atoms with Crippen LogP contribution in [0, 0.1) is 0 Å². The highest BCUT2D eigenvalue weighted by molar-refractivity contribution is 7.72. The third-order valence-corrected chi connectivity index (χ3v) is 6.76. The molecular formula is C22H21N3P+.